The van der Waals surface area contributed by atoms with E-state index < -0.39 is 45.6 Å². The Bertz CT molecular complexity index is 1020. The number of β-amino-alcohol motifs (C(OH)–C–C–N with tert-alkyl or cyclic N) is 1. The third-order valence-electron chi connectivity index (χ3n) is 4.68. The van der Waals surface area contributed by atoms with Crippen LogP contribution in [0.3, 0.4) is 0 Å². The van der Waals surface area contributed by atoms with Crippen LogP contribution in [0, 0.1) is 17.5 Å². The highest BCUT2D eigenvalue weighted by molar-refractivity contribution is 7.89. The Morgan fingerprint density at radius 1 is 1.10 bits per heavy atom. The number of sulfonamides is 1. The number of piperidine rings is 1. The standard InChI is InChI=1S/C19H18F3NO6S/c20-15-7-11(8-16(21)18(15)22)10-29-13-2-4-14(5-3-13)30(27,28)23-9-12(24)1-6-17(23)19(25)26/h2-5,7-8,12,17,24H,1,6,9-10H2,(H,25,26). The van der Waals surface area contributed by atoms with Gasteiger partial charge in [0.2, 0.25) is 10.0 Å². The molecule has 0 aromatic heterocycles. The van der Waals surface area contributed by atoms with Gasteiger partial charge < -0.3 is 14.9 Å². The number of halogens is 3. The van der Waals surface area contributed by atoms with Crippen molar-refractivity contribution in [1.29, 1.82) is 0 Å². The van der Waals surface area contributed by atoms with E-state index in [0.717, 1.165) is 16.4 Å². The highest BCUT2D eigenvalue weighted by atomic mass is 32.2. The lowest BCUT2D eigenvalue weighted by molar-refractivity contribution is -0.143. The summed E-state index contributed by atoms with van der Waals surface area (Å²) < 4.78 is 71.2. The molecule has 2 N–H and O–H groups in total. The summed E-state index contributed by atoms with van der Waals surface area (Å²) in [5.41, 5.74) is 0.0368. The number of rotatable bonds is 6. The van der Waals surface area contributed by atoms with Gasteiger partial charge in [-0.2, -0.15) is 4.31 Å². The number of hydrogen-bond acceptors (Lipinski definition) is 5. The van der Waals surface area contributed by atoms with Crippen molar-refractivity contribution in [1.82, 2.24) is 4.31 Å². The van der Waals surface area contributed by atoms with Crippen LogP contribution in [0.2, 0.25) is 0 Å². The summed E-state index contributed by atoms with van der Waals surface area (Å²) in [5.74, 6) is -5.42. The predicted molar refractivity (Wildman–Crippen MR) is 97.6 cm³/mol. The van der Waals surface area contributed by atoms with Crippen LogP contribution in [0.4, 0.5) is 13.2 Å². The molecule has 1 fully saturated rings. The van der Waals surface area contributed by atoms with Gasteiger partial charge in [-0.05, 0) is 54.8 Å². The topological polar surface area (TPSA) is 104 Å². The zero-order valence-electron chi connectivity index (χ0n) is 15.5. The summed E-state index contributed by atoms with van der Waals surface area (Å²) >= 11 is 0. The maximum absolute atomic E-state index is 13.2. The number of aliphatic hydroxyl groups excluding tert-OH is 1. The normalized spacial score (nSPS) is 20.1. The van der Waals surface area contributed by atoms with Gasteiger partial charge in [-0.15, -0.1) is 0 Å². The van der Waals surface area contributed by atoms with Crippen molar-refractivity contribution >= 4 is 16.0 Å². The second-order valence-electron chi connectivity index (χ2n) is 6.79. The number of hydrogen-bond donors (Lipinski definition) is 2. The molecule has 0 aliphatic carbocycles. The lowest BCUT2D eigenvalue weighted by Gasteiger charge is -2.34. The number of nitrogens with zero attached hydrogens (tertiary/aromatic N) is 1. The molecule has 0 spiro atoms. The second kappa shape index (κ2) is 8.62. The number of aliphatic hydroxyl groups is 1. The van der Waals surface area contributed by atoms with Crippen LogP contribution in [0.15, 0.2) is 41.3 Å². The first-order valence-electron chi connectivity index (χ1n) is 8.88. The first-order chi connectivity index (χ1) is 14.1. The molecular weight excluding hydrogens is 427 g/mol. The van der Waals surface area contributed by atoms with Crippen LogP contribution in [0.1, 0.15) is 18.4 Å². The lowest BCUT2D eigenvalue weighted by Crippen LogP contribution is -2.51. The number of benzene rings is 2. The van der Waals surface area contributed by atoms with E-state index in [0.29, 0.717) is 0 Å². The van der Waals surface area contributed by atoms with E-state index in [1.54, 1.807) is 0 Å². The molecule has 7 nitrogen and oxygen atoms in total. The van der Waals surface area contributed by atoms with Crippen LogP contribution in [0.5, 0.6) is 5.75 Å². The van der Waals surface area contributed by atoms with E-state index in [1.807, 2.05) is 0 Å². The molecule has 30 heavy (non-hydrogen) atoms. The van der Waals surface area contributed by atoms with Crippen molar-refractivity contribution in [2.24, 2.45) is 0 Å². The highest BCUT2D eigenvalue weighted by Gasteiger charge is 2.40. The van der Waals surface area contributed by atoms with Gasteiger partial charge in [-0.3, -0.25) is 4.79 Å². The fourth-order valence-corrected chi connectivity index (χ4v) is 4.78. The zero-order chi connectivity index (χ0) is 22.1. The Labute approximate surface area is 170 Å². The number of aliphatic carboxylic acids is 1. The predicted octanol–water partition coefficient (Wildman–Crippen LogP) is 2.28. The van der Waals surface area contributed by atoms with Crippen molar-refractivity contribution < 1.29 is 41.3 Å². The molecule has 0 amide bonds. The maximum atomic E-state index is 13.2. The maximum Gasteiger partial charge on any atom is 0.322 e. The van der Waals surface area contributed by atoms with Crippen molar-refractivity contribution in [3.63, 3.8) is 0 Å². The van der Waals surface area contributed by atoms with Crippen LogP contribution in [-0.2, 0) is 21.4 Å². The molecule has 2 unspecified atom stereocenters. The molecule has 2 atom stereocenters. The number of carboxylic acids is 1. The Balaban J connectivity index is 1.75. The van der Waals surface area contributed by atoms with Gasteiger partial charge in [0.25, 0.3) is 0 Å². The Hall–Kier alpha value is -2.63. The molecule has 1 heterocycles. The fourth-order valence-electron chi connectivity index (χ4n) is 3.13. The van der Waals surface area contributed by atoms with Gasteiger partial charge in [-0.25, -0.2) is 21.6 Å². The summed E-state index contributed by atoms with van der Waals surface area (Å²) in [4.78, 5) is 11.2. The minimum atomic E-state index is -4.19. The first-order valence-corrected chi connectivity index (χ1v) is 10.3. The van der Waals surface area contributed by atoms with Gasteiger partial charge in [0, 0.05) is 6.54 Å². The third-order valence-corrected chi connectivity index (χ3v) is 6.57. The molecule has 1 saturated heterocycles. The fraction of sp³-hybridized carbons (Fsp3) is 0.316. The van der Waals surface area contributed by atoms with Crippen LogP contribution >= 0.6 is 0 Å². The minimum absolute atomic E-state index is 0.0122. The van der Waals surface area contributed by atoms with E-state index in [1.165, 1.54) is 24.3 Å². The largest absolute Gasteiger partial charge is 0.489 e. The Morgan fingerprint density at radius 2 is 1.70 bits per heavy atom. The van der Waals surface area contributed by atoms with Crippen LogP contribution < -0.4 is 4.74 Å². The molecule has 0 radical (unpaired) electrons. The highest BCUT2D eigenvalue weighted by Crippen LogP contribution is 2.27. The quantitative estimate of drug-likeness (QED) is 0.662. The number of carboxylic acid groups (broad SMARTS) is 1. The van der Waals surface area contributed by atoms with E-state index in [9.17, 15) is 36.6 Å². The minimum Gasteiger partial charge on any atom is -0.489 e. The van der Waals surface area contributed by atoms with E-state index in [-0.39, 0.29) is 42.2 Å². The van der Waals surface area contributed by atoms with Crippen molar-refractivity contribution in [2.45, 2.75) is 36.5 Å². The van der Waals surface area contributed by atoms with Gasteiger partial charge in [0.05, 0.1) is 11.0 Å². The molecule has 0 bridgehead atoms. The monoisotopic (exact) mass is 445 g/mol. The van der Waals surface area contributed by atoms with Gasteiger partial charge in [-0.1, -0.05) is 0 Å². The van der Waals surface area contributed by atoms with Crippen molar-refractivity contribution in [2.75, 3.05) is 6.54 Å². The third kappa shape index (κ3) is 4.58. The summed E-state index contributed by atoms with van der Waals surface area (Å²) in [7, 11) is -4.19. The average Bonchev–Trinajstić information content (AvgIpc) is 2.70. The average molecular weight is 445 g/mol. The molecule has 2 aromatic carbocycles. The lowest BCUT2D eigenvalue weighted by atomic mass is 10.0. The van der Waals surface area contributed by atoms with Crippen LogP contribution in [0.25, 0.3) is 0 Å². The smallest absolute Gasteiger partial charge is 0.322 e. The Kier molecular flexibility index (Phi) is 6.34. The van der Waals surface area contributed by atoms with E-state index in [4.69, 9.17) is 4.74 Å². The molecule has 1 aliphatic rings. The van der Waals surface area contributed by atoms with Crippen LogP contribution in [-0.4, -0.2) is 47.6 Å². The molecule has 162 valence electrons. The molecule has 3 rings (SSSR count). The van der Waals surface area contributed by atoms with E-state index in [2.05, 4.69) is 0 Å². The van der Waals surface area contributed by atoms with E-state index >= 15 is 0 Å². The summed E-state index contributed by atoms with van der Waals surface area (Å²) in [6.07, 6.45) is -0.795. The molecule has 1 aliphatic heterocycles. The summed E-state index contributed by atoms with van der Waals surface area (Å²) in [6, 6.07) is 5.25. The molecule has 0 saturated carbocycles. The summed E-state index contributed by atoms with van der Waals surface area (Å²) in [5, 5.41) is 19.1. The Morgan fingerprint density at radius 3 is 2.27 bits per heavy atom. The number of ether oxygens (including phenoxy) is 1. The summed E-state index contributed by atoms with van der Waals surface area (Å²) in [6.45, 7) is -0.626. The van der Waals surface area contributed by atoms with Crippen molar-refractivity contribution in [3.8, 4) is 5.75 Å². The molecule has 11 heteroatoms. The van der Waals surface area contributed by atoms with Gasteiger partial charge >= 0.3 is 5.97 Å². The molecular formula is C19H18F3NO6S. The second-order valence-corrected chi connectivity index (χ2v) is 8.68. The first kappa shape index (κ1) is 22.1. The van der Waals surface area contributed by atoms with Gasteiger partial charge in [0.1, 0.15) is 18.4 Å². The SMILES string of the molecule is O=C(O)C1CCC(O)CN1S(=O)(=O)c1ccc(OCc2cc(F)c(F)c(F)c2)cc1. The number of carbonyl (C=O) groups is 1. The van der Waals surface area contributed by atoms with Gasteiger partial charge in [0.15, 0.2) is 17.5 Å². The molecule has 2 aromatic rings. The van der Waals surface area contributed by atoms with Crippen molar-refractivity contribution in [3.05, 3.63) is 59.4 Å². The zero-order valence-corrected chi connectivity index (χ0v) is 16.3.